The molecule has 22 heteroatoms. The van der Waals surface area contributed by atoms with Gasteiger partial charge in [-0.1, -0.05) is 32.9 Å². The molecule has 4 fully saturated rings. The van der Waals surface area contributed by atoms with Crippen LogP contribution in [0.5, 0.6) is 11.5 Å². The maximum atomic E-state index is 12.4. The zero-order chi connectivity index (χ0) is 58.8. The van der Waals surface area contributed by atoms with Crippen molar-refractivity contribution >= 4 is 86.7 Å². The molecule has 82 heavy (non-hydrogen) atoms. The average Bonchev–Trinajstić information content (AvgIpc) is 4.17. The van der Waals surface area contributed by atoms with Gasteiger partial charge in [-0.3, -0.25) is 24.5 Å². The summed E-state index contributed by atoms with van der Waals surface area (Å²) >= 11 is 3.10. The minimum atomic E-state index is -1.71. The number of piperidine rings is 2. The van der Waals surface area contributed by atoms with Gasteiger partial charge in [0.2, 0.25) is 0 Å². The van der Waals surface area contributed by atoms with Crippen LogP contribution in [0.3, 0.4) is 0 Å². The lowest BCUT2D eigenvalue weighted by molar-refractivity contribution is -0.142. The van der Waals surface area contributed by atoms with Crippen molar-refractivity contribution in [2.75, 3.05) is 127 Å². The molecule has 1 atom stereocenters. The van der Waals surface area contributed by atoms with E-state index < -0.39 is 8.32 Å². The molecule has 0 bridgehead atoms. The van der Waals surface area contributed by atoms with Gasteiger partial charge in [0.15, 0.2) is 16.5 Å². The number of nitrogens with zero attached hydrogens (tertiary/aromatic N) is 9. The minimum Gasteiger partial charge on any atom is -0.519 e. The number of hydrogen-bond donors (Lipinski definition) is 3. The molecule has 4 aromatic heterocycles. The highest BCUT2D eigenvalue weighted by Gasteiger charge is 2.39. The number of ether oxygens (including phenoxy) is 4. The van der Waals surface area contributed by atoms with E-state index in [-0.39, 0.29) is 35.7 Å². The number of carbonyl (C=O) groups is 2. The van der Waals surface area contributed by atoms with Crippen LogP contribution in [0, 0.1) is 0 Å². The van der Waals surface area contributed by atoms with E-state index in [2.05, 4.69) is 109 Å². The first-order valence-corrected chi connectivity index (χ1v) is 33.1. The van der Waals surface area contributed by atoms with Crippen LogP contribution in [-0.2, 0) is 18.7 Å². The molecule has 2 aromatic carbocycles. The van der Waals surface area contributed by atoms with E-state index >= 15 is 0 Å². The molecule has 0 aliphatic carbocycles. The molecule has 0 spiro atoms. The predicted molar refractivity (Wildman–Crippen MR) is 333 cm³/mol. The van der Waals surface area contributed by atoms with Gasteiger partial charge in [-0.05, 0) is 106 Å². The van der Waals surface area contributed by atoms with Crippen molar-refractivity contribution in [3.05, 3.63) is 95.6 Å². The van der Waals surface area contributed by atoms with E-state index in [1.807, 2.05) is 42.7 Å². The molecule has 0 saturated carbocycles. The van der Waals surface area contributed by atoms with E-state index in [0.717, 1.165) is 184 Å². The van der Waals surface area contributed by atoms with E-state index in [1.54, 1.807) is 38.0 Å². The van der Waals surface area contributed by atoms with Crippen LogP contribution in [0.15, 0.2) is 84.2 Å². The molecular formula is C60H86N10O9S2Si. The third-order valence-electron chi connectivity index (χ3n) is 15.7. The zero-order valence-corrected chi connectivity index (χ0v) is 52.1. The number of carbonyl (C=O) groups excluding carboxylic acids is 2. The molecule has 0 amide bonds. The number of aromatic nitrogens is 4. The Morgan fingerprint density at radius 2 is 1.26 bits per heavy atom. The number of aliphatic hydroxyl groups is 2. The quantitative estimate of drug-likeness (QED) is 0.0402. The number of methoxy groups -OCH3 is 4. The van der Waals surface area contributed by atoms with E-state index in [0.29, 0.717) is 11.6 Å². The Morgan fingerprint density at radius 1 is 0.707 bits per heavy atom. The van der Waals surface area contributed by atoms with Gasteiger partial charge in [0, 0.05) is 106 Å². The van der Waals surface area contributed by atoms with Crippen molar-refractivity contribution in [2.24, 2.45) is 0 Å². The second kappa shape index (κ2) is 30.4. The lowest BCUT2D eigenvalue weighted by atomic mass is 10.1. The van der Waals surface area contributed by atoms with Crippen LogP contribution in [0.4, 0.5) is 21.6 Å². The number of benzene rings is 2. The molecule has 6 aromatic rings. The average molecular weight is 1180 g/mol. The molecule has 4 aliphatic heterocycles. The van der Waals surface area contributed by atoms with Gasteiger partial charge in [0.1, 0.15) is 28.6 Å². The summed E-state index contributed by atoms with van der Waals surface area (Å²) in [5, 5.41) is 30.8. The Balaban J connectivity index is 0.000000178. The molecule has 0 radical (unpaired) electrons. The van der Waals surface area contributed by atoms with E-state index in [9.17, 15) is 19.8 Å². The van der Waals surface area contributed by atoms with E-state index in [1.165, 1.54) is 18.4 Å². The van der Waals surface area contributed by atoms with Crippen LogP contribution < -0.4 is 34.4 Å². The SMILES string of the molecule is C=C(OC)O[Si](C)(C)C(C)(C)C.COC(=O)CC(c1csc(N2CCC(O)CC2)n1)N1CCCN(c2c(OC)ccc3cccnc23)CC1.COc1ccc2cccnc2c1N1CCCNCC1.O=Cc1csc(N2CCC(O)CC2)n1. The lowest BCUT2D eigenvalue weighted by Gasteiger charge is -2.36. The summed E-state index contributed by atoms with van der Waals surface area (Å²) in [4.78, 5) is 52.7. The number of aldehydes is 1. The summed E-state index contributed by atoms with van der Waals surface area (Å²) in [5.41, 5.74) is 5.53. The first-order chi connectivity index (χ1) is 39.5. The van der Waals surface area contributed by atoms with Crippen molar-refractivity contribution in [3.8, 4) is 11.5 Å². The topological polar surface area (TPSA) is 201 Å². The highest BCUT2D eigenvalue weighted by molar-refractivity contribution is 7.14. The minimum absolute atomic E-state index is 0.152. The summed E-state index contributed by atoms with van der Waals surface area (Å²) < 4.78 is 26.9. The largest absolute Gasteiger partial charge is 0.519 e. The molecule has 19 nitrogen and oxygen atoms in total. The number of fused-ring (bicyclic) bond motifs is 2. The van der Waals surface area contributed by atoms with Crippen LogP contribution in [0.2, 0.25) is 18.1 Å². The van der Waals surface area contributed by atoms with Crippen molar-refractivity contribution in [3.63, 3.8) is 0 Å². The summed E-state index contributed by atoms with van der Waals surface area (Å²) in [7, 11) is 4.73. The van der Waals surface area contributed by atoms with Gasteiger partial charge in [-0.25, -0.2) is 9.97 Å². The van der Waals surface area contributed by atoms with Crippen LogP contribution in [0.1, 0.15) is 87.9 Å². The number of esters is 1. The smallest absolute Gasteiger partial charge is 0.307 e. The number of hydrogen-bond acceptors (Lipinski definition) is 21. The molecule has 3 N–H and O–H groups in total. The molecule has 8 heterocycles. The lowest BCUT2D eigenvalue weighted by Crippen LogP contribution is -2.40. The number of thiazole rings is 2. The number of anilines is 4. The maximum absolute atomic E-state index is 12.4. The van der Waals surface area contributed by atoms with E-state index in [4.69, 9.17) is 28.4 Å². The molecule has 4 saturated heterocycles. The van der Waals surface area contributed by atoms with Crippen LogP contribution >= 0.6 is 22.7 Å². The monoisotopic (exact) mass is 1180 g/mol. The zero-order valence-electron chi connectivity index (χ0n) is 49.5. The molecule has 1 unspecified atom stereocenters. The fourth-order valence-electron chi connectivity index (χ4n) is 10.0. The van der Waals surface area contributed by atoms with Gasteiger partial charge < -0.3 is 58.5 Å². The van der Waals surface area contributed by atoms with Gasteiger partial charge in [0.25, 0.3) is 14.3 Å². The maximum Gasteiger partial charge on any atom is 0.307 e. The third-order valence-corrected chi connectivity index (χ3v) is 21.9. The van der Waals surface area contributed by atoms with Gasteiger partial charge in [-0.15, -0.1) is 22.7 Å². The number of rotatable bonds is 14. The molecule has 10 rings (SSSR count). The van der Waals surface area contributed by atoms with Crippen LogP contribution in [-0.4, -0.2) is 175 Å². The van der Waals surface area contributed by atoms with Gasteiger partial charge in [-0.2, -0.15) is 0 Å². The highest BCUT2D eigenvalue weighted by atomic mass is 32.1. The third kappa shape index (κ3) is 17.0. The number of nitrogens with one attached hydrogen (secondary N) is 1. The second-order valence-electron chi connectivity index (χ2n) is 22.2. The standard InChI is InChI=1S/C27H35N5O4S.C15H19N3O.C9H12N2O2S.C9H20O2Si/c1-35-23-7-6-19-5-3-10-28-25(19)26(23)31-12-4-11-30(15-16-31)22(17-24(34)36-2)21-18-37-27(29-21)32-13-8-20(33)9-14-32;1-19-13-6-5-12-4-2-8-17-14(12)15(13)18-10-3-7-16-9-11-18;12-5-7-6-14-9(10-7)11-3-1-8(13)2-4-11;1-8(10-5)11-12(6,7)9(2,3)4/h3,5-7,10,18,20,22,33H,4,8-9,11-17H2,1-2H3;2,4-6,8,16H,3,7,9-11H2,1H3;5-6,8,13H,1-4H2;1H2,2-7H3. The first kappa shape index (κ1) is 63.4. The summed E-state index contributed by atoms with van der Waals surface area (Å²) in [6.07, 6.45) is 9.48. The Labute approximate surface area is 493 Å². The van der Waals surface area contributed by atoms with Crippen molar-refractivity contribution in [1.29, 1.82) is 0 Å². The fourth-order valence-corrected chi connectivity index (χ4v) is 12.7. The Hall–Kier alpha value is -6.14. The van der Waals surface area contributed by atoms with Crippen LogP contribution in [0.25, 0.3) is 21.8 Å². The van der Waals surface area contributed by atoms with Crippen molar-refractivity contribution in [2.45, 2.75) is 102 Å². The molecular weight excluding hydrogens is 1100 g/mol. The van der Waals surface area contributed by atoms with Crippen molar-refractivity contribution < 1.29 is 43.2 Å². The summed E-state index contributed by atoms with van der Waals surface area (Å²) in [5.74, 6) is 1.93. The molecule has 446 valence electrons. The van der Waals surface area contributed by atoms with Gasteiger partial charge >= 0.3 is 5.97 Å². The Kier molecular flexibility index (Phi) is 23.5. The highest BCUT2D eigenvalue weighted by Crippen LogP contribution is 2.40. The Morgan fingerprint density at radius 3 is 1.78 bits per heavy atom. The molecule has 4 aliphatic rings. The number of aliphatic hydroxyl groups excluding tert-OH is 2. The first-order valence-electron chi connectivity index (χ1n) is 28.5. The van der Waals surface area contributed by atoms with Gasteiger partial charge in [0.05, 0.1) is 69.8 Å². The second-order valence-corrected chi connectivity index (χ2v) is 28.6. The summed E-state index contributed by atoms with van der Waals surface area (Å²) in [6.45, 7) is 25.2. The van der Waals surface area contributed by atoms with Crippen molar-refractivity contribution in [1.82, 2.24) is 30.2 Å². The predicted octanol–water partition coefficient (Wildman–Crippen LogP) is 9.56. The summed E-state index contributed by atoms with van der Waals surface area (Å²) in [6, 6.07) is 16.1. The number of pyridine rings is 2. The fraction of sp³-hybridized carbons (Fsp3) is 0.533. The Bertz CT molecular complexity index is 2970. The normalized spacial score (nSPS) is 17.2.